The molecule has 20 heavy (non-hydrogen) atoms. The minimum atomic E-state index is -1.10. The lowest BCUT2D eigenvalue weighted by Gasteiger charge is -2.16. The van der Waals surface area contributed by atoms with Crippen LogP contribution in [0.25, 0.3) is 0 Å². The summed E-state index contributed by atoms with van der Waals surface area (Å²) in [5.74, 6) is -1.80. The zero-order valence-electron chi connectivity index (χ0n) is 11.7. The Balaban J connectivity index is 2.57. The summed E-state index contributed by atoms with van der Waals surface area (Å²) in [6.45, 7) is 5.08. The van der Waals surface area contributed by atoms with Crippen LogP contribution in [0.4, 0.5) is 0 Å². The van der Waals surface area contributed by atoms with Gasteiger partial charge in [-0.05, 0) is 32.9 Å². The Morgan fingerprint density at radius 1 is 1.25 bits per heavy atom. The van der Waals surface area contributed by atoms with E-state index in [1.807, 2.05) is 13.8 Å². The molecule has 0 saturated carbocycles. The summed E-state index contributed by atoms with van der Waals surface area (Å²) in [5, 5.41) is 14.1. The summed E-state index contributed by atoms with van der Waals surface area (Å²) in [4.78, 5) is 34.3. The van der Waals surface area contributed by atoms with Gasteiger partial charge >= 0.3 is 5.97 Å². The number of amides is 2. The van der Waals surface area contributed by atoms with Gasteiger partial charge in [0.05, 0.1) is 0 Å². The van der Waals surface area contributed by atoms with Crippen LogP contribution < -0.4 is 10.6 Å². The monoisotopic (exact) mass is 281 g/mol. The molecule has 0 spiro atoms. The van der Waals surface area contributed by atoms with Crippen molar-refractivity contribution in [3.05, 3.63) is 24.0 Å². The van der Waals surface area contributed by atoms with Crippen LogP contribution in [-0.4, -0.2) is 39.5 Å². The number of nitrogens with one attached hydrogen (secondary N) is 2. The third-order valence-corrected chi connectivity index (χ3v) is 2.56. The topological polar surface area (TPSA) is 100 Å². The van der Waals surface area contributed by atoms with Crippen LogP contribution >= 0.6 is 0 Å². The number of carbonyl (C=O) groups excluding carboxylic acids is 2. The van der Waals surface area contributed by atoms with Crippen LogP contribution in [0.5, 0.6) is 0 Å². The van der Waals surface area contributed by atoms with Crippen molar-refractivity contribution >= 4 is 17.8 Å². The molecule has 7 nitrogen and oxygen atoms in total. The van der Waals surface area contributed by atoms with Gasteiger partial charge in [0.1, 0.15) is 18.3 Å². The first kappa shape index (κ1) is 15.7. The maximum atomic E-state index is 11.8. The van der Waals surface area contributed by atoms with Crippen molar-refractivity contribution in [2.24, 2.45) is 0 Å². The lowest BCUT2D eigenvalue weighted by molar-refractivity contribution is -0.129. The number of carboxylic acids is 1. The highest BCUT2D eigenvalue weighted by Crippen LogP contribution is 2.02. The average Bonchev–Trinajstić information content (AvgIpc) is 2.75. The van der Waals surface area contributed by atoms with Crippen molar-refractivity contribution in [3.8, 4) is 0 Å². The first-order chi connectivity index (χ1) is 9.31. The maximum Gasteiger partial charge on any atom is 0.352 e. The van der Waals surface area contributed by atoms with E-state index in [1.165, 1.54) is 16.8 Å². The number of rotatable bonds is 6. The van der Waals surface area contributed by atoms with E-state index in [1.54, 1.807) is 13.0 Å². The molecule has 1 unspecified atom stereocenters. The maximum absolute atomic E-state index is 11.8. The Morgan fingerprint density at radius 3 is 2.45 bits per heavy atom. The number of hydrogen-bond donors (Lipinski definition) is 3. The molecular weight excluding hydrogens is 262 g/mol. The van der Waals surface area contributed by atoms with Gasteiger partial charge in [-0.1, -0.05) is 0 Å². The molecule has 1 aromatic heterocycles. The fraction of sp³-hybridized carbons (Fsp3) is 0.462. The standard InChI is InChI=1S/C13H19N3O4/c1-8(2)14-12(18)9(3)15-11(17)7-16-6-4-5-10(16)13(19)20/h4-6,8-9H,7H2,1-3H3,(H,14,18)(H,15,17)(H,19,20). The number of carbonyl (C=O) groups is 3. The molecule has 1 atom stereocenters. The van der Waals surface area contributed by atoms with E-state index in [0.717, 1.165) is 0 Å². The molecule has 1 rings (SSSR count). The minimum Gasteiger partial charge on any atom is -0.477 e. The minimum absolute atomic E-state index is 0.00934. The molecule has 0 aliphatic carbocycles. The molecular formula is C13H19N3O4. The van der Waals surface area contributed by atoms with Gasteiger partial charge in [-0.15, -0.1) is 0 Å². The van der Waals surface area contributed by atoms with Gasteiger partial charge < -0.3 is 20.3 Å². The van der Waals surface area contributed by atoms with E-state index in [2.05, 4.69) is 10.6 Å². The zero-order valence-corrected chi connectivity index (χ0v) is 11.7. The Kier molecular flexibility index (Phi) is 5.31. The summed E-state index contributed by atoms with van der Waals surface area (Å²) in [5.41, 5.74) is 0.0273. The molecule has 1 aromatic rings. The molecule has 110 valence electrons. The summed E-state index contributed by atoms with van der Waals surface area (Å²) < 4.78 is 1.31. The van der Waals surface area contributed by atoms with Crippen molar-refractivity contribution in [1.29, 1.82) is 0 Å². The predicted molar refractivity (Wildman–Crippen MR) is 72.3 cm³/mol. The van der Waals surface area contributed by atoms with Crippen molar-refractivity contribution in [2.75, 3.05) is 0 Å². The summed E-state index contributed by atoms with van der Waals surface area (Å²) in [7, 11) is 0. The highest BCUT2D eigenvalue weighted by molar-refractivity contribution is 5.89. The Bertz CT molecular complexity index is 507. The third-order valence-electron chi connectivity index (χ3n) is 2.56. The highest BCUT2D eigenvalue weighted by Gasteiger charge is 2.17. The summed E-state index contributed by atoms with van der Waals surface area (Å²) >= 11 is 0. The number of aromatic nitrogens is 1. The van der Waals surface area contributed by atoms with E-state index < -0.39 is 17.9 Å². The number of hydrogen-bond acceptors (Lipinski definition) is 3. The van der Waals surface area contributed by atoms with E-state index in [4.69, 9.17) is 5.11 Å². The van der Waals surface area contributed by atoms with Gasteiger partial charge in [0, 0.05) is 12.2 Å². The van der Waals surface area contributed by atoms with Crippen LogP contribution in [0, 0.1) is 0 Å². The van der Waals surface area contributed by atoms with Crippen LogP contribution in [0.3, 0.4) is 0 Å². The van der Waals surface area contributed by atoms with Gasteiger partial charge in [0.15, 0.2) is 0 Å². The fourth-order valence-corrected chi connectivity index (χ4v) is 1.66. The second kappa shape index (κ2) is 6.74. The van der Waals surface area contributed by atoms with E-state index in [0.29, 0.717) is 0 Å². The predicted octanol–water partition coefficient (Wildman–Crippen LogP) is 0.216. The molecule has 0 fully saturated rings. The molecule has 0 bridgehead atoms. The summed E-state index contributed by atoms with van der Waals surface area (Å²) in [6.07, 6.45) is 1.50. The number of carboxylic acid groups (broad SMARTS) is 1. The Labute approximate surface area is 117 Å². The average molecular weight is 281 g/mol. The van der Waals surface area contributed by atoms with Crippen LogP contribution in [0.2, 0.25) is 0 Å². The molecule has 0 aliphatic rings. The molecule has 2 amide bonds. The van der Waals surface area contributed by atoms with Crippen LogP contribution in [0.1, 0.15) is 31.3 Å². The Hall–Kier alpha value is -2.31. The van der Waals surface area contributed by atoms with Crippen molar-refractivity contribution in [2.45, 2.75) is 39.4 Å². The van der Waals surface area contributed by atoms with Gasteiger partial charge in [-0.2, -0.15) is 0 Å². The lowest BCUT2D eigenvalue weighted by atomic mass is 10.2. The number of aromatic carboxylic acids is 1. The Morgan fingerprint density at radius 2 is 1.90 bits per heavy atom. The molecule has 0 saturated heterocycles. The van der Waals surface area contributed by atoms with Crippen molar-refractivity contribution in [3.63, 3.8) is 0 Å². The smallest absolute Gasteiger partial charge is 0.352 e. The third kappa shape index (κ3) is 4.42. The van der Waals surface area contributed by atoms with Crippen molar-refractivity contribution in [1.82, 2.24) is 15.2 Å². The van der Waals surface area contributed by atoms with Gasteiger partial charge in [-0.3, -0.25) is 9.59 Å². The molecule has 3 N–H and O–H groups in total. The fourth-order valence-electron chi connectivity index (χ4n) is 1.66. The van der Waals surface area contributed by atoms with E-state index in [-0.39, 0.29) is 24.2 Å². The van der Waals surface area contributed by atoms with Gasteiger partial charge in [0.2, 0.25) is 11.8 Å². The molecule has 0 aliphatic heterocycles. The second-order valence-electron chi connectivity index (χ2n) is 4.78. The zero-order chi connectivity index (χ0) is 15.3. The SMILES string of the molecule is CC(C)NC(=O)C(C)NC(=O)Cn1cccc1C(=O)O. The second-order valence-corrected chi connectivity index (χ2v) is 4.78. The molecule has 7 heteroatoms. The molecule has 0 radical (unpaired) electrons. The van der Waals surface area contributed by atoms with Gasteiger partial charge in [0.25, 0.3) is 0 Å². The quantitative estimate of drug-likeness (QED) is 0.694. The van der Waals surface area contributed by atoms with E-state index in [9.17, 15) is 14.4 Å². The van der Waals surface area contributed by atoms with Crippen LogP contribution in [-0.2, 0) is 16.1 Å². The molecule has 0 aromatic carbocycles. The molecule has 1 heterocycles. The van der Waals surface area contributed by atoms with E-state index >= 15 is 0 Å². The van der Waals surface area contributed by atoms with Crippen molar-refractivity contribution < 1.29 is 19.5 Å². The first-order valence-electron chi connectivity index (χ1n) is 6.29. The largest absolute Gasteiger partial charge is 0.477 e. The normalized spacial score (nSPS) is 12.0. The highest BCUT2D eigenvalue weighted by atomic mass is 16.4. The van der Waals surface area contributed by atoms with Crippen LogP contribution in [0.15, 0.2) is 18.3 Å². The number of nitrogens with zero attached hydrogens (tertiary/aromatic N) is 1. The summed E-state index contributed by atoms with van der Waals surface area (Å²) in [6, 6.07) is 2.27. The van der Waals surface area contributed by atoms with Gasteiger partial charge in [-0.25, -0.2) is 4.79 Å². The first-order valence-corrected chi connectivity index (χ1v) is 6.29. The lowest BCUT2D eigenvalue weighted by Crippen LogP contribution is -2.47.